The van der Waals surface area contributed by atoms with Crippen LogP contribution in [0.5, 0.6) is 0 Å². The Hall–Kier alpha value is -2.45. The maximum absolute atomic E-state index is 8.87. The zero-order valence-corrected chi connectivity index (χ0v) is 14.4. The first-order chi connectivity index (χ1) is 12.3. The van der Waals surface area contributed by atoms with Crippen LogP contribution in [0.3, 0.4) is 0 Å². The quantitative estimate of drug-likeness (QED) is 0.864. The van der Waals surface area contributed by atoms with E-state index in [-0.39, 0.29) is 0 Å². The topological polar surface area (TPSA) is 56.1 Å². The first-order valence-corrected chi connectivity index (χ1v) is 9.08. The summed E-state index contributed by atoms with van der Waals surface area (Å²) in [6.07, 6.45) is 7.03. The second kappa shape index (κ2) is 7.20. The molecular weight excluding hydrogens is 310 g/mol. The van der Waals surface area contributed by atoms with Gasteiger partial charge in [0.25, 0.3) is 0 Å². The van der Waals surface area contributed by atoms with Gasteiger partial charge in [-0.25, -0.2) is 9.97 Å². The minimum atomic E-state index is 0.380. The van der Waals surface area contributed by atoms with E-state index in [4.69, 9.17) is 5.26 Å². The predicted molar refractivity (Wildman–Crippen MR) is 96.9 cm³/mol. The number of fused-ring (bicyclic) bond motifs is 1. The van der Waals surface area contributed by atoms with Gasteiger partial charge < -0.3 is 4.90 Å². The third-order valence-electron chi connectivity index (χ3n) is 5.49. The highest BCUT2D eigenvalue weighted by Gasteiger charge is 2.36. The summed E-state index contributed by atoms with van der Waals surface area (Å²) in [5.74, 6) is 1.58. The number of anilines is 1. The van der Waals surface area contributed by atoms with Crippen molar-refractivity contribution < 1.29 is 0 Å². The van der Waals surface area contributed by atoms with Crippen LogP contribution in [0.4, 0.5) is 5.82 Å². The number of piperidine rings is 2. The third kappa shape index (κ3) is 3.49. The van der Waals surface area contributed by atoms with Crippen LogP contribution in [0, 0.1) is 17.2 Å². The van der Waals surface area contributed by atoms with Crippen molar-refractivity contribution in [2.45, 2.75) is 31.8 Å². The lowest BCUT2D eigenvalue weighted by Crippen LogP contribution is -2.53. The molecule has 4 rings (SSSR count). The summed E-state index contributed by atoms with van der Waals surface area (Å²) in [7, 11) is 0. The number of rotatable bonds is 3. The predicted octanol–water partition coefficient (Wildman–Crippen LogP) is 2.84. The number of nitriles is 1. The summed E-state index contributed by atoms with van der Waals surface area (Å²) in [4.78, 5) is 13.6. The van der Waals surface area contributed by atoms with E-state index in [9.17, 15) is 0 Å². The van der Waals surface area contributed by atoms with Gasteiger partial charge in [0.15, 0.2) is 5.69 Å². The fourth-order valence-electron chi connectivity index (χ4n) is 4.27. The summed E-state index contributed by atoms with van der Waals surface area (Å²) in [6.45, 7) is 4.30. The molecule has 5 nitrogen and oxygen atoms in total. The Morgan fingerprint density at radius 3 is 2.72 bits per heavy atom. The molecule has 2 aliphatic heterocycles. The molecule has 0 saturated carbocycles. The van der Waals surface area contributed by atoms with Crippen LogP contribution in [0.25, 0.3) is 0 Å². The highest BCUT2D eigenvalue weighted by molar-refractivity contribution is 5.38. The average molecular weight is 333 g/mol. The Balaban J connectivity index is 1.44. The number of nitrogens with zero attached hydrogens (tertiary/aromatic N) is 5. The molecule has 0 aliphatic carbocycles. The maximum Gasteiger partial charge on any atom is 0.158 e. The molecule has 2 saturated heterocycles. The lowest BCUT2D eigenvalue weighted by atomic mass is 9.83. The molecule has 1 aromatic carbocycles. The molecule has 0 radical (unpaired) electrons. The molecule has 0 N–H and O–H groups in total. The fraction of sp³-hybridized carbons (Fsp3) is 0.450. The van der Waals surface area contributed by atoms with E-state index in [0.29, 0.717) is 17.7 Å². The normalized spacial score (nSPS) is 23.7. The van der Waals surface area contributed by atoms with Crippen LogP contribution in [-0.2, 0) is 6.54 Å². The van der Waals surface area contributed by atoms with Gasteiger partial charge in [-0.3, -0.25) is 4.90 Å². The number of hydrogen-bond donors (Lipinski definition) is 0. The first kappa shape index (κ1) is 16.0. The first-order valence-electron chi connectivity index (χ1n) is 9.08. The SMILES string of the molecule is N#Cc1cnc(N2CCC3C(CCCN3Cc3ccccc3)C2)cn1. The molecule has 0 spiro atoms. The van der Waals surface area contributed by atoms with Crippen molar-refractivity contribution in [1.82, 2.24) is 14.9 Å². The minimum Gasteiger partial charge on any atom is -0.355 e. The van der Waals surface area contributed by atoms with Crippen LogP contribution in [0.15, 0.2) is 42.7 Å². The molecule has 25 heavy (non-hydrogen) atoms. The molecular formula is C20H23N5. The van der Waals surface area contributed by atoms with Crippen LogP contribution < -0.4 is 4.90 Å². The molecule has 0 amide bonds. The molecule has 2 unspecified atom stereocenters. The van der Waals surface area contributed by atoms with Crippen molar-refractivity contribution in [2.24, 2.45) is 5.92 Å². The lowest BCUT2D eigenvalue weighted by Gasteiger charge is -2.47. The molecule has 128 valence electrons. The van der Waals surface area contributed by atoms with Gasteiger partial charge in [-0.1, -0.05) is 30.3 Å². The molecule has 0 bridgehead atoms. The van der Waals surface area contributed by atoms with E-state index in [1.54, 1.807) is 12.4 Å². The second-order valence-electron chi connectivity index (χ2n) is 7.03. The number of aromatic nitrogens is 2. The highest BCUT2D eigenvalue weighted by atomic mass is 15.2. The Labute approximate surface area is 148 Å². The van der Waals surface area contributed by atoms with E-state index in [1.807, 2.05) is 6.07 Å². The summed E-state index contributed by atoms with van der Waals surface area (Å²) >= 11 is 0. The molecule has 1 aromatic heterocycles. The van der Waals surface area contributed by atoms with Gasteiger partial charge in [-0.05, 0) is 37.3 Å². The van der Waals surface area contributed by atoms with E-state index in [1.165, 1.54) is 31.4 Å². The smallest absolute Gasteiger partial charge is 0.158 e. The standard InChI is InChI=1S/C20H23N5/c21-11-18-12-23-20(13-22-18)25-10-8-19-17(15-25)7-4-9-24(19)14-16-5-2-1-3-6-16/h1-3,5-6,12-13,17,19H,4,7-10,14-15H2. The molecule has 2 aromatic rings. The van der Waals surface area contributed by atoms with Crippen molar-refractivity contribution >= 4 is 5.82 Å². The van der Waals surface area contributed by atoms with Crippen LogP contribution in [0.2, 0.25) is 0 Å². The second-order valence-corrected chi connectivity index (χ2v) is 7.03. The Morgan fingerprint density at radius 1 is 1.08 bits per heavy atom. The van der Waals surface area contributed by atoms with Crippen molar-refractivity contribution in [3.05, 3.63) is 54.0 Å². The van der Waals surface area contributed by atoms with Crippen LogP contribution in [-0.4, -0.2) is 40.5 Å². The van der Waals surface area contributed by atoms with Gasteiger partial charge in [-0.2, -0.15) is 5.26 Å². The number of benzene rings is 1. The Morgan fingerprint density at radius 2 is 1.96 bits per heavy atom. The zero-order chi connectivity index (χ0) is 17.1. The fourth-order valence-corrected chi connectivity index (χ4v) is 4.27. The van der Waals surface area contributed by atoms with E-state index >= 15 is 0 Å². The van der Waals surface area contributed by atoms with Crippen molar-refractivity contribution in [2.75, 3.05) is 24.5 Å². The summed E-state index contributed by atoms with van der Waals surface area (Å²) in [6, 6.07) is 13.5. The summed E-state index contributed by atoms with van der Waals surface area (Å²) in [5, 5.41) is 8.87. The number of hydrogen-bond acceptors (Lipinski definition) is 5. The largest absolute Gasteiger partial charge is 0.355 e. The van der Waals surface area contributed by atoms with E-state index < -0.39 is 0 Å². The van der Waals surface area contributed by atoms with Crippen LogP contribution >= 0.6 is 0 Å². The van der Waals surface area contributed by atoms with Crippen molar-refractivity contribution in [3.63, 3.8) is 0 Å². The molecule has 2 fully saturated rings. The zero-order valence-electron chi connectivity index (χ0n) is 14.4. The minimum absolute atomic E-state index is 0.380. The van der Waals surface area contributed by atoms with Crippen LogP contribution in [0.1, 0.15) is 30.5 Å². The van der Waals surface area contributed by atoms with Gasteiger partial charge in [0.2, 0.25) is 0 Å². The molecule has 2 atom stereocenters. The molecule has 5 heteroatoms. The van der Waals surface area contributed by atoms with Crippen molar-refractivity contribution in [1.29, 1.82) is 5.26 Å². The average Bonchev–Trinajstić information content (AvgIpc) is 2.69. The Kier molecular flexibility index (Phi) is 4.62. The highest BCUT2D eigenvalue weighted by Crippen LogP contribution is 2.33. The van der Waals surface area contributed by atoms with E-state index in [0.717, 1.165) is 25.5 Å². The lowest BCUT2D eigenvalue weighted by molar-refractivity contribution is 0.0700. The molecule has 2 aliphatic rings. The van der Waals surface area contributed by atoms with Gasteiger partial charge in [0, 0.05) is 25.7 Å². The van der Waals surface area contributed by atoms with Gasteiger partial charge in [0.05, 0.1) is 12.4 Å². The third-order valence-corrected chi connectivity index (χ3v) is 5.49. The summed E-state index contributed by atoms with van der Waals surface area (Å²) < 4.78 is 0. The monoisotopic (exact) mass is 333 g/mol. The number of likely N-dealkylation sites (tertiary alicyclic amines) is 1. The van der Waals surface area contributed by atoms with E-state index in [2.05, 4.69) is 50.1 Å². The van der Waals surface area contributed by atoms with Gasteiger partial charge in [0.1, 0.15) is 11.9 Å². The Bertz CT molecular complexity index is 737. The van der Waals surface area contributed by atoms with Gasteiger partial charge in [-0.15, -0.1) is 0 Å². The van der Waals surface area contributed by atoms with Gasteiger partial charge >= 0.3 is 0 Å². The van der Waals surface area contributed by atoms with Crippen molar-refractivity contribution in [3.8, 4) is 6.07 Å². The summed E-state index contributed by atoms with van der Waals surface area (Å²) in [5.41, 5.74) is 1.79. The molecule has 3 heterocycles. The maximum atomic E-state index is 8.87.